The number of ether oxygens (including phenoxy) is 2. The minimum Gasteiger partial charge on any atom is -0.492 e. The molecule has 6 heteroatoms. The monoisotopic (exact) mass is 352 g/mol. The van der Waals surface area contributed by atoms with E-state index in [4.69, 9.17) is 14.7 Å². The summed E-state index contributed by atoms with van der Waals surface area (Å²) in [4.78, 5) is 0. The number of nitrogens with zero attached hydrogens (tertiary/aromatic N) is 3. The summed E-state index contributed by atoms with van der Waals surface area (Å²) in [6.45, 7) is 3.06. The number of hydrogen-bond donors (Lipinski definition) is 1. The molecule has 0 spiro atoms. The van der Waals surface area contributed by atoms with Crippen molar-refractivity contribution in [2.75, 3.05) is 19.8 Å². The van der Waals surface area contributed by atoms with E-state index in [2.05, 4.69) is 27.2 Å². The number of benzene rings is 1. The molecule has 1 saturated heterocycles. The molecule has 1 N–H and O–H groups in total. The number of nitrogens with one attached hydrogen (secondary N) is 1. The van der Waals surface area contributed by atoms with E-state index in [1.807, 2.05) is 18.3 Å². The molecule has 1 saturated carbocycles. The van der Waals surface area contributed by atoms with Crippen LogP contribution in [0.5, 0.6) is 5.75 Å². The first-order chi connectivity index (χ1) is 12.8. The quantitative estimate of drug-likeness (QED) is 0.740. The van der Waals surface area contributed by atoms with Crippen LogP contribution < -0.4 is 10.1 Å². The summed E-state index contributed by atoms with van der Waals surface area (Å²) < 4.78 is 13.9. The smallest absolute Gasteiger partial charge is 0.120 e. The van der Waals surface area contributed by atoms with Crippen LogP contribution in [0.15, 0.2) is 36.5 Å². The number of nitriles is 1. The molecule has 2 atom stereocenters. The van der Waals surface area contributed by atoms with Crippen molar-refractivity contribution in [1.29, 1.82) is 5.26 Å². The van der Waals surface area contributed by atoms with E-state index in [1.165, 1.54) is 18.5 Å². The molecule has 0 radical (unpaired) electrons. The lowest BCUT2D eigenvalue weighted by atomic mass is 10.1. The predicted octanol–water partition coefficient (Wildman–Crippen LogP) is 2.66. The van der Waals surface area contributed by atoms with Gasteiger partial charge in [0.15, 0.2) is 0 Å². The number of aromatic nitrogens is 2. The number of rotatable bonds is 8. The molecule has 6 nitrogen and oxygen atoms in total. The average Bonchev–Trinajstić information content (AvgIpc) is 3.16. The first kappa shape index (κ1) is 17.1. The molecule has 2 fully saturated rings. The summed E-state index contributed by atoms with van der Waals surface area (Å²) in [7, 11) is 0. The molecule has 2 aliphatic rings. The van der Waals surface area contributed by atoms with Crippen molar-refractivity contribution in [3.8, 4) is 11.8 Å². The normalized spacial score (nSPS) is 22.3. The Labute approximate surface area is 153 Å². The van der Waals surface area contributed by atoms with Crippen molar-refractivity contribution in [3.63, 3.8) is 0 Å². The molecule has 2 aromatic rings. The maximum Gasteiger partial charge on any atom is 0.120 e. The van der Waals surface area contributed by atoms with Crippen LogP contribution in [0.1, 0.15) is 36.6 Å². The van der Waals surface area contributed by atoms with Crippen LogP contribution >= 0.6 is 0 Å². The first-order valence-electron chi connectivity index (χ1n) is 9.33. The van der Waals surface area contributed by atoms with E-state index >= 15 is 0 Å². The zero-order valence-corrected chi connectivity index (χ0v) is 14.8. The van der Waals surface area contributed by atoms with Gasteiger partial charge in [-0.1, -0.05) is 6.07 Å². The van der Waals surface area contributed by atoms with Gasteiger partial charge in [-0.25, -0.2) is 0 Å². The second-order valence-electron chi connectivity index (χ2n) is 7.01. The van der Waals surface area contributed by atoms with Crippen LogP contribution in [0.25, 0.3) is 0 Å². The van der Waals surface area contributed by atoms with Crippen molar-refractivity contribution in [1.82, 2.24) is 15.1 Å². The Morgan fingerprint density at radius 3 is 3.08 bits per heavy atom. The van der Waals surface area contributed by atoms with E-state index in [1.54, 1.807) is 12.1 Å². The number of hydrogen-bond acceptors (Lipinski definition) is 5. The highest BCUT2D eigenvalue weighted by Crippen LogP contribution is 2.34. The summed E-state index contributed by atoms with van der Waals surface area (Å²) in [5, 5.41) is 17.0. The van der Waals surface area contributed by atoms with Crippen LogP contribution in [0, 0.1) is 17.2 Å². The maximum absolute atomic E-state index is 8.94. The molecule has 136 valence electrons. The second-order valence-corrected chi connectivity index (χ2v) is 7.01. The fraction of sp³-hybridized carbons (Fsp3) is 0.500. The Kier molecular flexibility index (Phi) is 5.19. The molecule has 4 rings (SSSR count). The van der Waals surface area contributed by atoms with Gasteiger partial charge in [-0.05, 0) is 49.4 Å². The van der Waals surface area contributed by atoms with Gasteiger partial charge in [0, 0.05) is 31.9 Å². The lowest BCUT2D eigenvalue weighted by Crippen LogP contribution is -2.35. The van der Waals surface area contributed by atoms with Gasteiger partial charge >= 0.3 is 0 Å². The zero-order valence-electron chi connectivity index (χ0n) is 14.8. The van der Waals surface area contributed by atoms with Gasteiger partial charge in [0.05, 0.1) is 17.3 Å². The molecule has 26 heavy (non-hydrogen) atoms. The van der Waals surface area contributed by atoms with Crippen molar-refractivity contribution in [2.45, 2.75) is 38.0 Å². The molecule has 0 bridgehead atoms. The molecular formula is C20H24N4O2. The first-order valence-corrected chi connectivity index (χ1v) is 9.33. The average molecular weight is 352 g/mol. The van der Waals surface area contributed by atoms with Gasteiger partial charge in [0.25, 0.3) is 0 Å². The summed E-state index contributed by atoms with van der Waals surface area (Å²) in [5.74, 6) is 1.52. The van der Waals surface area contributed by atoms with Crippen molar-refractivity contribution in [3.05, 3.63) is 47.8 Å². The Morgan fingerprint density at radius 2 is 2.23 bits per heavy atom. The van der Waals surface area contributed by atoms with Crippen LogP contribution in [0.4, 0.5) is 0 Å². The maximum atomic E-state index is 8.94. The van der Waals surface area contributed by atoms with E-state index in [-0.39, 0.29) is 12.1 Å². The van der Waals surface area contributed by atoms with E-state index in [9.17, 15) is 0 Å². The molecule has 1 aliphatic heterocycles. The standard InChI is InChI=1S/C20H24N4O2/c21-13-16-2-1-3-17(12-16)25-11-9-22-18-7-10-26-20(18)19-6-8-23-24(19)14-15-4-5-15/h1-3,6,8,12,15,18,20,22H,4-5,7,9-11,14H2/t18-,20-/m0/s1. The largest absolute Gasteiger partial charge is 0.492 e. The molecule has 0 amide bonds. The zero-order chi connectivity index (χ0) is 17.8. The minimum absolute atomic E-state index is 0.0539. The van der Waals surface area contributed by atoms with E-state index < -0.39 is 0 Å². The molecule has 2 heterocycles. The van der Waals surface area contributed by atoms with Crippen LogP contribution in [0.3, 0.4) is 0 Å². The molecule has 1 aromatic heterocycles. The lowest BCUT2D eigenvalue weighted by molar-refractivity contribution is 0.0901. The van der Waals surface area contributed by atoms with Gasteiger partial charge in [-0.15, -0.1) is 0 Å². The van der Waals surface area contributed by atoms with Crippen LogP contribution in [-0.4, -0.2) is 35.6 Å². The fourth-order valence-corrected chi connectivity index (χ4v) is 3.44. The summed E-state index contributed by atoms with van der Waals surface area (Å²) in [6.07, 6.45) is 5.55. The molecule has 0 unspecified atom stereocenters. The Bertz CT molecular complexity index is 778. The van der Waals surface area contributed by atoms with E-state index in [0.29, 0.717) is 12.2 Å². The van der Waals surface area contributed by atoms with Crippen molar-refractivity contribution >= 4 is 0 Å². The SMILES string of the molecule is N#Cc1cccc(OCCN[C@H]2CCO[C@@H]2c2ccnn2CC2CC2)c1. The van der Waals surface area contributed by atoms with Crippen LogP contribution in [0.2, 0.25) is 0 Å². The molecule has 1 aromatic carbocycles. The van der Waals surface area contributed by atoms with Gasteiger partial charge in [-0.3, -0.25) is 4.68 Å². The highest BCUT2D eigenvalue weighted by Gasteiger charge is 2.33. The Balaban J connectivity index is 1.29. The summed E-state index contributed by atoms with van der Waals surface area (Å²) in [6, 6.07) is 11.7. The van der Waals surface area contributed by atoms with E-state index in [0.717, 1.165) is 37.8 Å². The van der Waals surface area contributed by atoms with Crippen molar-refractivity contribution < 1.29 is 9.47 Å². The fourth-order valence-electron chi connectivity index (χ4n) is 3.44. The van der Waals surface area contributed by atoms with Gasteiger partial charge in [-0.2, -0.15) is 10.4 Å². The molecule has 1 aliphatic carbocycles. The Morgan fingerprint density at radius 1 is 1.31 bits per heavy atom. The second kappa shape index (κ2) is 7.90. The summed E-state index contributed by atoms with van der Waals surface area (Å²) in [5.41, 5.74) is 1.79. The predicted molar refractivity (Wildman–Crippen MR) is 96.7 cm³/mol. The Hall–Kier alpha value is -2.36. The third-order valence-corrected chi connectivity index (χ3v) is 5.00. The third kappa shape index (κ3) is 4.06. The van der Waals surface area contributed by atoms with Crippen molar-refractivity contribution in [2.24, 2.45) is 5.92 Å². The minimum atomic E-state index is 0.0539. The molecular weight excluding hydrogens is 328 g/mol. The third-order valence-electron chi connectivity index (χ3n) is 5.00. The lowest BCUT2D eigenvalue weighted by Gasteiger charge is -2.21. The highest BCUT2D eigenvalue weighted by molar-refractivity contribution is 5.36. The van der Waals surface area contributed by atoms with Crippen LogP contribution in [-0.2, 0) is 11.3 Å². The summed E-state index contributed by atoms with van der Waals surface area (Å²) >= 11 is 0. The van der Waals surface area contributed by atoms with Gasteiger partial charge in [0.1, 0.15) is 18.5 Å². The highest BCUT2D eigenvalue weighted by atomic mass is 16.5. The van der Waals surface area contributed by atoms with Gasteiger partial charge in [0.2, 0.25) is 0 Å². The van der Waals surface area contributed by atoms with Gasteiger partial charge < -0.3 is 14.8 Å². The topological polar surface area (TPSA) is 72.1 Å².